The normalized spacial score (nSPS) is 10.9. The monoisotopic (exact) mass is 306 g/mol. The molecule has 0 aliphatic carbocycles. The van der Waals surface area contributed by atoms with Crippen LogP contribution in [0.1, 0.15) is 36.0 Å². The highest BCUT2D eigenvalue weighted by Crippen LogP contribution is 2.29. The molecule has 5 heteroatoms. The van der Waals surface area contributed by atoms with Crippen molar-refractivity contribution < 1.29 is 9.47 Å². The van der Waals surface area contributed by atoms with Crippen molar-refractivity contribution in [1.29, 1.82) is 0 Å². The van der Waals surface area contributed by atoms with Gasteiger partial charge in [-0.05, 0) is 24.7 Å². The number of thiazole rings is 1. The van der Waals surface area contributed by atoms with Gasteiger partial charge in [-0.15, -0.1) is 11.3 Å². The SMILES string of the molecule is CNCc1ccc(OCc2csc(C(C)C)n2)c(OC)c1. The number of hydrogen-bond acceptors (Lipinski definition) is 5. The highest BCUT2D eigenvalue weighted by molar-refractivity contribution is 7.09. The number of ether oxygens (including phenoxy) is 2. The molecule has 2 aromatic rings. The topological polar surface area (TPSA) is 43.4 Å². The summed E-state index contributed by atoms with van der Waals surface area (Å²) in [4.78, 5) is 4.57. The molecule has 0 radical (unpaired) electrons. The first-order chi connectivity index (χ1) is 10.1. The van der Waals surface area contributed by atoms with Crippen LogP contribution in [0.4, 0.5) is 0 Å². The number of rotatable bonds is 7. The van der Waals surface area contributed by atoms with Gasteiger partial charge in [-0.3, -0.25) is 0 Å². The predicted octanol–water partition coefficient (Wildman–Crippen LogP) is 3.57. The first-order valence-corrected chi connectivity index (χ1v) is 7.90. The van der Waals surface area contributed by atoms with Gasteiger partial charge in [-0.2, -0.15) is 0 Å². The second-order valence-corrected chi connectivity index (χ2v) is 6.03. The molecule has 0 aliphatic heterocycles. The van der Waals surface area contributed by atoms with Gasteiger partial charge in [0.15, 0.2) is 11.5 Å². The fourth-order valence-electron chi connectivity index (χ4n) is 1.95. The van der Waals surface area contributed by atoms with E-state index in [0.29, 0.717) is 12.5 Å². The summed E-state index contributed by atoms with van der Waals surface area (Å²) in [6, 6.07) is 5.97. The quantitative estimate of drug-likeness (QED) is 0.849. The molecule has 0 unspecified atom stereocenters. The molecule has 0 bridgehead atoms. The average molecular weight is 306 g/mol. The minimum Gasteiger partial charge on any atom is -0.493 e. The lowest BCUT2D eigenvalue weighted by molar-refractivity contribution is 0.281. The van der Waals surface area contributed by atoms with Crippen molar-refractivity contribution in [2.45, 2.75) is 32.9 Å². The summed E-state index contributed by atoms with van der Waals surface area (Å²) in [6.07, 6.45) is 0. The highest BCUT2D eigenvalue weighted by atomic mass is 32.1. The third-order valence-corrected chi connectivity index (χ3v) is 4.24. The molecule has 0 spiro atoms. The number of hydrogen-bond donors (Lipinski definition) is 1. The van der Waals surface area contributed by atoms with Crippen molar-refractivity contribution in [3.8, 4) is 11.5 Å². The fourth-order valence-corrected chi connectivity index (χ4v) is 2.77. The number of benzene rings is 1. The van der Waals surface area contributed by atoms with E-state index in [4.69, 9.17) is 9.47 Å². The van der Waals surface area contributed by atoms with Crippen LogP contribution in [0.2, 0.25) is 0 Å². The van der Waals surface area contributed by atoms with Crippen molar-refractivity contribution in [2.24, 2.45) is 0 Å². The fraction of sp³-hybridized carbons (Fsp3) is 0.438. The van der Waals surface area contributed by atoms with Crippen LogP contribution in [-0.2, 0) is 13.2 Å². The Kier molecular flexibility index (Phi) is 5.59. The van der Waals surface area contributed by atoms with Crippen LogP contribution in [-0.4, -0.2) is 19.1 Å². The molecule has 1 N–H and O–H groups in total. The summed E-state index contributed by atoms with van der Waals surface area (Å²) in [7, 11) is 3.58. The van der Waals surface area contributed by atoms with Gasteiger partial charge in [0.2, 0.25) is 0 Å². The van der Waals surface area contributed by atoms with Crippen LogP contribution in [0, 0.1) is 0 Å². The highest BCUT2D eigenvalue weighted by Gasteiger charge is 2.09. The van der Waals surface area contributed by atoms with Crippen LogP contribution in [0.5, 0.6) is 11.5 Å². The van der Waals surface area contributed by atoms with Gasteiger partial charge >= 0.3 is 0 Å². The van der Waals surface area contributed by atoms with Crippen molar-refractivity contribution >= 4 is 11.3 Å². The first-order valence-electron chi connectivity index (χ1n) is 7.02. The number of nitrogens with zero attached hydrogens (tertiary/aromatic N) is 1. The van der Waals surface area contributed by atoms with Crippen LogP contribution in [0.3, 0.4) is 0 Å². The van der Waals surface area contributed by atoms with E-state index >= 15 is 0 Å². The van der Waals surface area contributed by atoms with E-state index in [-0.39, 0.29) is 0 Å². The van der Waals surface area contributed by atoms with Gasteiger partial charge in [0.25, 0.3) is 0 Å². The molecular formula is C16H22N2O2S. The standard InChI is InChI=1S/C16H22N2O2S/c1-11(2)16-18-13(10-21-16)9-20-14-6-5-12(8-17-3)7-15(14)19-4/h5-7,10-11,17H,8-9H2,1-4H3. The van der Waals surface area contributed by atoms with E-state index in [1.165, 1.54) is 0 Å². The van der Waals surface area contributed by atoms with Crippen molar-refractivity contribution in [2.75, 3.05) is 14.2 Å². The van der Waals surface area contributed by atoms with Gasteiger partial charge in [0, 0.05) is 17.8 Å². The van der Waals surface area contributed by atoms with Gasteiger partial charge in [-0.1, -0.05) is 19.9 Å². The van der Waals surface area contributed by atoms with E-state index in [1.54, 1.807) is 18.4 Å². The second kappa shape index (κ2) is 7.43. The number of methoxy groups -OCH3 is 1. The Balaban J connectivity index is 2.04. The Bertz CT molecular complexity index is 581. The Morgan fingerprint density at radius 1 is 1.29 bits per heavy atom. The Morgan fingerprint density at radius 2 is 2.10 bits per heavy atom. The minimum absolute atomic E-state index is 0.458. The first kappa shape index (κ1) is 15.8. The number of aromatic nitrogens is 1. The molecule has 1 heterocycles. The molecule has 4 nitrogen and oxygen atoms in total. The zero-order valence-corrected chi connectivity index (χ0v) is 13.8. The molecule has 0 fully saturated rings. The van der Waals surface area contributed by atoms with Crippen molar-refractivity contribution in [3.63, 3.8) is 0 Å². The van der Waals surface area contributed by atoms with E-state index in [1.807, 2.05) is 25.2 Å². The molecule has 1 aromatic carbocycles. The maximum atomic E-state index is 5.84. The van der Waals surface area contributed by atoms with Gasteiger partial charge < -0.3 is 14.8 Å². The average Bonchev–Trinajstić information content (AvgIpc) is 2.95. The lowest BCUT2D eigenvalue weighted by atomic mass is 10.2. The lowest BCUT2D eigenvalue weighted by Gasteiger charge is -2.11. The Morgan fingerprint density at radius 3 is 2.71 bits per heavy atom. The number of nitrogens with one attached hydrogen (secondary N) is 1. The van der Waals surface area contributed by atoms with E-state index < -0.39 is 0 Å². The van der Waals surface area contributed by atoms with Crippen LogP contribution in [0.25, 0.3) is 0 Å². The second-order valence-electron chi connectivity index (χ2n) is 5.14. The molecular weight excluding hydrogens is 284 g/mol. The third-order valence-electron chi connectivity index (χ3n) is 3.05. The molecule has 114 valence electrons. The Labute approximate surface area is 130 Å². The zero-order valence-electron chi connectivity index (χ0n) is 13.0. The summed E-state index contributed by atoms with van der Waals surface area (Å²) in [5, 5.41) is 6.32. The van der Waals surface area contributed by atoms with E-state index in [2.05, 4.69) is 29.5 Å². The van der Waals surface area contributed by atoms with Crippen LogP contribution in [0.15, 0.2) is 23.6 Å². The largest absolute Gasteiger partial charge is 0.493 e. The summed E-state index contributed by atoms with van der Waals surface area (Å²) in [5.74, 6) is 1.96. The van der Waals surface area contributed by atoms with Gasteiger partial charge in [0.05, 0.1) is 17.8 Å². The smallest absolute Gasteiger partial charge is 0.161 e. The predicted molar refractivity (Wildman–Crippen MR) is 86.3 cm³/mol. The van der Waals surface area contributed by atoms with Gasteiger partial charge in [-0.25, -0.2) is 4.98 Å². The van der Waals surface area contributed by atoms with Crippen molar-refractivity contribution in [1.82, 2.24) is 10.3 Å². The lowest BCUT2D eigenvalue weighted by Crippen LogP contribution is -2.05. The molecule has 0 aliphatic rings. The molecule has 0 saturated heterocycles. The maximum absolute atomic E-state index is 5.84. The third kappa shape index (κ3) is 4.19. The summed E-state index contributed by atoms with van der Waals surface area (Å²) < 4.78 is 11.2. The zero-order chi connectivity index (χ0) is 15.2. The van der Waals surface area contributed by atoms with E-state index in [9.17, 15) is 0 Å². The molecule has 2 rings (SSSR count). The molecule has 0 saturated carbocycles. The van der Waals surface area contributed by atoms with E-state index in [0.717, 1.165) is 34.3 Å². The van der Waals surface area contributed by atoms with Crippen LogP contribution < -0.4 is 14.8 Å². The maximum Gasteiger partial charge on any atom is 0.161 e. The summed E-state index contributed by atoms with van der Waals surface area (Å²) in [6.45, 7) is 5.56. The molecule has 0 atom stereocenters. The molecule has 1 aromatic heterocycles. The Hall–Kier alpha value is -1.59. The summed E-state index contributed by atoms with van der Waals surface area (Å²) >= 11 is 1.68. The molecule has 21 heavy (non-hydrogen) atoms. The minimum atomic E-state index is 0.458. The van der Waals surface area contributed by atoms with Crippen molar-refractivity contribution in [3.05, 3.63) is 39.8 Å². The summed E-state index contributed by atoms with van der Waals surface area (Å²) in [5.41, 5.74) is 2.13. The molecule has 0 amide bonds. The van der Waals surface area contributed by atoms with Crippen LogP contribution >= 0.6 is 11.3 Å². The van der Waals surface area contributed by atoms with Gasteiger partial charge in [0.1, 0.15) is 6.61 Å².